The third-order valence-electron chi connectivity index (χ3n) is 3.50. The molecule has 1 aromatic heterocycles. The van der Waals surface area contributed by atoms with Crippen molar-refractivity contribution in [3.63, 3.8) is 0 Å². The molecule has 0 saturated carbocycles. The summed E-state index contributed by atoms with van der Waals surface area (Å²) < 4.78 is 28.0. The van der Waals surface area contributed by atoms with Crippen LogP contribution in [0.5, 0.6) is 0 Å². The van der Waals surface area contributed by atoms with E-state index in [0.717, 1.165) is 6.07 Å². The summed E-state index contributed by atoms with van der Waals surface area (Å²) in [5.41, 5.74) is 0.346. The highest BCUT2D eigenvalue weighted by Crippen LogP contribution is 2.24. The van der Waals surface area contributed by atoms with Crippen LogP contribution in [-0.2, 0) is 11.3 Å². The molecular formula is C13H14F2N6O. The van der Waals surface area contributed by atoms with E-state index in [1.54, 1.807) is 4.90 Å². The van der Waals surface area contributed by atoms with Crippen LogP contribution in [0.3, 0.4) is 0 Å². The van der Waals surface area contributed by atoms with Gasteiger partial charge in [-0.3, -0.25) is 4.79 Å². The Labute approximate surface area is 124 Å². The van der Waals surface area contributed by atoms with Gasteiger partial charge in [-0.05, 0) is 29.0 Å². The molecule has 116 valence electrons. The highest BCUT2D eigenvalue weighted by molar-refractivity contribution is 5.76. The Bertz CT molecular complexity index is 663. The molecule has 0 unspecified atom stereocenters. The fourth-order valence-corrected chi connectivity index (χ4v) is 2.51. The molecule has 0 radical (unpaired) electrons. The van der Waals surface area contributed by atoms with Crippen LogP contribution in [0.15, 0.2) is 24.5 Å². The van der Waals surface area contributed by atoms with Gasteiger partial charge in [0.15, 0.2) is 0 Å². The van der Waals surface area contributed by atoms with Crippen molar-refractivity contribution in [1.82, 2.24) is 25.5 Å². The zero-order chi connectivity index (χ0) is 15.5. The van der Waals surface area contributed by atoms with E-state index >= 15 is 0 Å². The van der Waals surface area contributed by atoms with Crippen LogP contribution in [0.25, 0.3) is 0 Å². The number of halogens is 2. The van der Waals surface area contributed by atoms with Crippen LogP contribution < -0.4 is 10.2 Å². The normalized spacial score (nSPS) is 17.7. The summed E-state index contributed by atoms with van der Waals surface area (Å²) in [6, 6.07) is 3.41. The predicted octanol–water partition coefficient (Wildman–Crippen LogP) is 0.346. The molecule has 22 heavy (non-hydrogen) atoms. The molecule has 7 nitrogen and oxygen atoms in total. The molecular weight excluding hydrogens is 294 g/mol. The summed E-state index contributed by atoms with van der Waals surface area (Å²) in [4.78, 5) is 13.6. The number of rotatable bonds is 4. The predicted molar refractivity (Wildman–Crippen MR) is 72.9 cm³/mol. The number of nitrogens with zero attached hydrogens (tertiary/aromatic N) is 5. The average molecular weight is 308 g/mol. The van der Waals surface area contributed by atoms with Gasteiger partial charge in [0.2, 0.25) is 5.91 Å². The Morgan fingerprint density at radius 1 is 1.41 bits per heavy atom. The molecule has 3 rings (SSSR count). The molecule has 1 aromatic carbocycles. The maximum absolute atomic E-state index is 13.7. The van der Waals surface area contributed by atoms with Gasteiger partial charge in [0.25, 0.3) is 0 Å². The first-order chi connectivity index (χ1) is 10.6. The van der Waals surface area contributed by atoms with Gasteiger partial charge in [-0.25, -0.2) is 13.5 Å². The van der Waals surface area contributed by atoms with Gasteiger partial charge in [0.05, 0.1) is 5.69 Å². The minimum Gasteiger partial charge on any atom is -0.367 e. The fourth-order valence-electron chi connectivity index (χ4n) is 2.51. The van der Waals surface area contributed by atoms with E-state index in [4.69, 9.17) is 0 Å². The van der Waals surface area contributed by atoms with Crippen molar-refractivity contribution in [2.45, 2.75) is 19.0 Å². The second kappa shape index (κ2) is 6.04. The van der Waals surface area contributed by atoms with Crippen LogP contribution in [0, 0.1) is 11.6 Å². The Kier molecular flexibility index (Phi) is 3.94. The fraction of sp³-hybridized carbons (Fsp3) is 0.385. The van der Waals surface area contributed by atoms with Gasteiger partial charge in [-0.2, -0.15) is 0 Å². The van der Waals surface area contributed by atoms with Crippen LogP contribution in [0.1, 0.15) is 6.42 Å². The SMILES string of the molecule is O=C(Cn1cnnn1)N[C@@H]1CCN(c2ccc(F)cc2F)C1. The largest absolute Gasteiger partial charge is 0.367 e. The van der Waals surface area contributed by atoms with Gasteiger partial charge in [0, 0.05) is 25.2 Å². The summed E-state index contributed by atoms with van der Waals surface area (Å²) in [5.74, 6) is -1.41. The van der Waals surface area contributed by atoms with E-state index in [2.05, 4.69) is 20.8 Å². The second-order valence-electron chi connectivity index (χ2n) is 5.10. The number of benzene rings is 1. The minimum absolute atomic E-state index is 0.0361. The zero-order valence-corrected chi connectivity index (χ0v) is 11.6. The van der Waals surface area contributed by atoms with Crippen LogP contribution in [0.4, 0.5) is 14.5 Å². The van der Waals surface area contributed by atoms with Gasteiger partial charge in [-0.15, -0.1) is 5.10 Å². The number of carbonyl (C=O) groups is 1. The molecule has 2 heterocycles. The van der Waals surface area contributed by atoms with E-state index in [1.807, 2.05) is 0 Å². The lowest BCUT2D eigenvalue weighted by Gasteiger charge is -2.19. The summed E-state index contributed by atoms with van der Waals surface area (Å²) in [7, 11) is 0. The van der Waals surface area contributed by atoms with E-state index in [0.29, 0.717) is 25.2 Å². The molecule has 0 spiro atoms. The smallest absolute Gasteiger partial charge is 0.242 e. The first-order valence-electron chi connectivity index (χ1n) is 6.82. The van der Waals surface area contributed by atoms with Crippen molar-refractivity contribution in [2.75, 3.05) is 18.0 Å². The van der Waals surface area contributed by atoms with Gasteiger partial charge in [0.1, 0.15) is 24.5 Å². The monoisotopic (exact) mass is 308 g/mol. The first-order valence-corrected chi connectivity index (χ1v) is 6.82. The molecule has 1 N–H and O–H groups in total. The van der Waals surface area contributed by atoms with Gasteiger partial charge >= 0.3 is 0 Å². The van der Waals surface area contributed by atoms with Crippen LogP contribution in [0.2, 0.25) is 0 Å². The molecule has 0 aliphatic carbocycles. The highest BCUT2D eigenvalue weighted by atomic mass is 19.1. The number of aromatic nitrogens is 4. The standard InChI is InChI=1S/C13H14F2N6O/c14-9-1-2-12(11(15)5-9)20-4-3-10(6-20)17-13(22)7-21-8-16-18-19-21/h1-2,5,8,10H,3-4,6-7H2,(H,17,22)/t10-/m1/s1. The third-order valence-corrected chi connectivity index (χ3v) is 3.50. The summed E-state index contributed by atoms with van der Waals surface area (Å²) in [6.07, 6.45) is 2.05. The number of anilines is 1. The van der Waals surface area contributed by atoms with Crippen molar-refractivity contribution >= 4 is 11.6 Å². The van der Waals surface area contributed by atoms with Crippen molar-refractivity contribution < 1.29 is 13.6 Å². The quantitative estimate of drug-likeness (QED) is 0.882. The van der Waals surface area contributed by atoms with E-state index in [9.17, 15) is 13.6 Å². The van der Waals surface area contributed by atoms with Crippen molar-refractivity contribution in [1.29, 1.82) is 0 Å². The number of tetrazole rings is 1. The minimum atomic E-state index is -0.605. The lowest BCUT2D eigenvalue weighted by molar-refractivity contribution is -0.122. The van der Waals surface area contributed by atoms with Gasteiger partial charge in [-0.1, -0.05) is 0 Å². The van der Waals surface area contributed by atoms with E-state index < -0.39 is 11.6 Å². The Balaban J connectivity index is 1.57. The molecule has 1 aliphatic heterocycles. The van der Waals surface area contributed by atoms with Gasteiger partial charge < -0.3 is 10.2 Å². The Morgan fingerprint density at radius 3 is 3.00 bits per heavy atom. The number of amides is 1. The maximum Gasteiger partial charge on any atom is 0.242 e. The molecule has 1 atom stereocenters. The number of hydrogen-bond donors (Lipinski definition) is 1. The topological polar surface area (TPSA) is 75.9 Å². The maximum atomic E-state index is 13.7. The first kappa shape index (κ1) is 14.4. The number of carbonyl (C=O) groups excluding carboxylic acids is 1. The number of nitrogens with one attached hydrogen (secondary N) is 1. The van der Waals surface area contributed by atoms with Crippen molar-refractivity contribution in [3.05, 3.63) is 36.2 Å². The lowest BCUT2D eigenvalue weighted by Crippen LogP contribution is -2.39. The second-order valence-corrected chi connectivity index (χ2v) is 5.10. The summed E-state index contributed by atoms with van der Waals surface area (Å²) in [5, 5.41) is 13.4. The molecule has 9 heteroatoms. The zero-order valence-electron chi connectivity index (χ0n) is 11.6. The van der Waals surface area contributed by atoms with Crippen LogP contribution >= 0.6 is 0 Å². The Morgan fingerprint density at radius 2 is 2.27 bits per heavy atom. The summed E-state index contributed by atoms with van der Waals surface area (Å²) in [6.45, 7) is 1.11. The molecule has 2 aromatic rings. The third kappa shape index (κ3) is 3.18. The van der Waals surface area contributed by atoms with Crippen LogP contribution in [-0.4, -0.2) is 45.2 Å². The molecule has 1 saturated heterocycles. The average Bonchev–Trinajstić information content (AvgIpc) is 3.10. The van der Waals surface area contributed by atoms with Crippen molar-refractivity contribution in [3.8, 4) is 0 Å². The molecule has 0 bridgehead atoms. The molecule has 1 fully saturated rings. The highest BCUT2D eigenvalue weighted by Gasteiger charge is 2.25. The van der Waals surface area contributed by atoms with Crippen molar-refractivity contribution in [2.24, 2.45) is 0 Å². The van der Waals surface area contributed by atoms with E-state index in [-0.39, 0.29) is 18.5 Å². The lowest BCUT2D eigenvalue weighted by atomic mass is 10.2. The van der Waals surface area contributed by atoms with E-state index in [1.165, 1.54) is 23.1 Å². The number of hydrogen-bond acceptors (Lipinski definition) is 5. The Hall–Kier alpha value is -2.58. The summed E-state index contributed by atoms with van der Waals surface area (Å²) >= 11 is 0. The molecule has 1 aliphatic rings. The molecule has 1 amide bonds.